The molecule has 46 heavy (non-hydrogen) atoms. The number of aliphatic hydroxyl groups is 1. The zero-order valence-electron chi connectivity index (χ0n) is 27.5. The normalized spacial score (nSPS) is 27.6. The average Bonchev–Trinajstić information content (AvgIpc) is 3.69. The molecule has 246 valence electrons. The highest BCUT2D eigenvalue weighted by atomic mass is 16.5. The number of hydrogen-bond donors (Lipinski definition) is 1. The number of amides is 3. The number of fused-ring (bicyclic) bond motifs is 1. The van der Waals surface area contributed by atoms with Crippen LogP contribution in [0.25, 0.3) is 0 Å². The van der Waals surface area contributed by atoms with E-state index in [0.29, 0.717) is 37.9 Å². The lowest BCUT2D eigenvalue weighted by Crippen LogP contribution is -2.60. The predicted molar refractivity (Wildman–Crippen MR) is 180 cm³/mol. The smallest absolute Gasteiger partial charge is 0.248 e. The minimum Gasteiger partial charge on any atom is -0.394 e. The minimum absolute atomic E-state index is 0.0954. The summed E-state index contributed by atoms with van der Waals surface area (Å²) < 4.78 is 7.08. The van der Waals surface area contributed by atoms with Crippen LogP contribution in [0.5, 0.6) is 0 Å². The molecule has 7 atom stereocenters. The number of aliphatic hydroxyl groups excluding tert-OH is 1. The van der Waals surface area contributed by atoms with Crippen LogP contribution in [0.1, 0.15) is 58.4 Å². The third-order valence-corrected chi connectivity index (χ3v) is 10.5. The number of para-hydroxylation sites is 1. The quantitative estimate of drug-likeness (QED) is 0.276. The maximum Gasteiger partial charge on any atom is 0.248 e. The Balaban J connectivity index is 1.65. The summed E-state index contributed by atoms with van der Waals surface area (Å²) >= 11 is 0. The maximum atomic E-state index is 15.0. The molecule has 2 aromatic carbocycles. The van der Waals surface area contributed by atoms with Crippen LogP contribution in [0.4, 0.5) is 5.69 Å². The monoisotopic (exact) mass is 627 g/mol. The molecule has 0 aliphatic carbocycles. The predicted octanol–water partition coefficient (Wildman–Crippen LogP) is 5.17. The molecule has 3 fully saturated rings. The summed E-state index contributed by atoms with van der Waals surface area (Å²) in [5, 5.41) is 10.8. The van der Waals surface area contributed by atoms with Gasteiger partial charge in [-0.1, -0.05) is 81.0 Å². The first-order valence-electron chi connectivity index (χ1n) is 16.8. The molecule has 1 N–H and O–H groups in total. The van der Waals surface area contributed by atoms with Crippen molar-refractivity contribution in [2.45, 2.75) is 88.6 Å². The van der Waals surface area contributed by atoms with Crippen LogP contribution >= 0.6 is 0 Å². The number of rotatable bonds is 15. The lowest BCUT2D eigenvalue weighted by atomic mass is 9.64. The molecule has 5 rings (SSSR count). The highest BCUT2D eigenvalue weighted by molar-refractivity contribution is 6.03. The highest BCUT2D eigenvalue weighted by Crippen LogP contribution is 2.65. The molecule has 3 amide bonds. The second-order valence-electron chi connectivity index (χ2n) is 13.1. The van der Waals surface area contributed by atoms with E-state index < -0.39 is 35.1 Å². The number of carbonyl (C=O) groups excluding carboxylic acids is 3. The molecule has 3 saturated heterocycles. The molecule has 2 aromatic rings. The molecular formula is C38H49N3O5. The number of nitrogens with zero attached hydrogens (tertiary/aromatic N) is 3. The first kappa shape index (κ1) is 33.6. The van der Waals surface area contributed by atoms with Crippen LogP contribution in [0.15, 0.2) is 86.0 Å². The average molecular weight is 628 g/mol. The van der Waals surface area contributed by atoms with E-state index in [9.17, 15) is 19.5 Å². The topological polar surface area (TPSA) is 90.4 Å². The summed E-state index contributed by atoms with van der Waals surface area (Å²) in [5.41, 5.74) is -0.422. The summed E-state index contributed by atoms with van der Waals surface area (Å²) in [5.74, 6) is -2.37. The molecule has 8 heteroatoms. The van der Waals surface area contributed by atoms with Gasteiger partial charge in [0.1, 0.15) is 11.6 Å². The van der Waals surface area contributed by atoms with E-state index in [1.54, 1.807) is 26.9 Å². The fraction of sp³-hybridized carbons (Fsp3) is 0.500. The third kappa shape index (κ3) is 5.60. The van der Waals surface area contributed by atoms with E-state index >= 15 is 0 Å². The Morgan fingerprint density at radius 1 is 1.02 bits per heavy atom. The van der Waals surface area contributed by atoms with Gasteiger partial charge in [-0.3, -0.25) is 14.4 Å². The number of hydrogen-bond acceptors (Lipinski definition) is 5. The number of carbonyl (C=O) groups is 3. The molecule has 1 spiro atoms. The third-order valence-electron chi connectivity index (χ3n) is 10.5. The first-order valence-corrected chi connectivity index (χ1v) is 16.8. The van der Waals surface area contributed by atoms with Gasteiger partial charge in [0.2, 0.25) is 17.7 Å². The van der Waals surface area contributed by atoms with Gasteiger partial charge >= 0.3 is 0 Å². The van der Waals surface area contributed by atoms with Crippen LogP contribution in [-0.2, 0) is 25.5 Å². The van der Waals surface area contributed by atoms with Crippen molar-refractivity contribution in [3.8, 4) is 0 Å². The summed E-state index contributed by atoms with van der Waals surface area (Å²) in [7, 11) is 0. The summed E-state index contributed by atoms with van der Waals surface area (Å²) in [4.78, 5) is 49.8. The fourth-order valence-corrected chi connectivity index (χ4v) is 8.43. The van der Waals surface area contributed by atoms with Gasteiger partial charge in [-0.05, 0) is 56.7 Å². The van der Waals surface area contributed by atoms with Gasteiger partial charge in [0, 0.05) is 24.8 Å². The maximum absolute atomic E-state index is 15.0. The zero-order chi connectivity index (χ0) is 33.1. The molecule has 8 nitrogen and oxygen atoms in total. The van der Waals surface area contributed by atoms with E-state index in [1.807, 2.05) is 74.5 Å². The number of anilines is 1. The summed E-state index contributed by atoms with van der Waals surface area (Å²) in [6.45, 7) is 14.2. The van der Waals surface area contributed by atoms with Gasteiger partial charge in [0.15, 0.2) is 0 Å². The Bertz CT molecular complexity index is 1420. The summed E-state index contributed by atoms with van der Waals surface area (Å²) in [6, 6.07) is 17.3. The minimum atomic E-state index is -1.20. The van der Waals surface area contributed by atoms with Crippen molar-refractivity contribution in [1.82, 2.24) is 9.80 Å². The van der Waals surface area contributed by atoms with Gasteiger partial charge in [0.25, 0.3) is 0 Å². The van der Waals surface area contributed by atoms with Crippen molar-refractivity contribution in [1.29, 1.82) is 0 Å². The van der Waals surface area contributed by atoms with Crippen molar-refractivity contribution >= 4 is 23.4 Å². The lowest BCUT2D eigenvalue weighted by Gasteiger charge is -2.41. The number of benzene rings is 2. The molecule has 0 aromatic heterocycles. The zero-order valence-corrected chi connectivity index (χ0v) is 27.5. The van der Waals surface area contributed by atoms with E-state index in [4.69, 9.17) is 4.74 Å². The van der Waals surface area contributed by atoms with Crippen LogP contribution in [-0.4, -0.2) is 81.7 Å². The molecule has 0 radical (unpaired) electrons. The standard InChI is InChI=1S/C38H49N3O5/c1-6-16-27(5)39(23-7-2)36(45)33-38-22-21-37(9-4,46-38)31(34(43)40(24-8-3)29-19-14-11-15-20-29)32(38)35(44)41(33)30(26-42)25-28-17-12-10-13-18-28/h7-8,10-15,17-20,27,30-33,42H,2-3,6,9,16,21-26H2,1,4-5H3/t27?,30-,31-,32+,33?,37+,38?/m1/s1. The lowest BCUT2D eigenvalue weighted by molar-refractivity contribution is -0.157. The summed E-state index contributed by atoms with van der Waals surface area (Å²) in [6.07, 6.45) is 7.02. The first-order chi connectivity index (χ1) is 22.2. The van der Waals surface area contributed by atoms with Gasteiger partial charge in [-0.25, -0.2) is 0 Å². The van der Waals surface area contributed by atoms with Crippen molar-refractivity contribution in [2.75, 3.05) is 24.6 Å². The number of ether oxygens (including phenoxy) is 1. The largest absolute Gasteiger partial charge is 0.394 e. The van der Waals surface area contributed by atoms with Crippen molar-refractivity contribution in [3.05, 3.63) is 91.5 Å². The second kappa shape index (κ2) is 13.9. The fourth-order valence-electron chi connectivity index (χ4n) is 8.43. The van der Waals surface area contributed by atoms with E-state index in [1.165, 1.54) is 0 Å². The Morgan fingerprint density at radius 2 is 1.67 bits per heavy atom. The Morgan fingerprint density at radius 3 is 2.26 bits per heavy atom. The molecule has 3 unspecified atom stereocenters. The van der Waals surface area contributed by atoms with Crippen LogP contribution in [0, 0.1) is 11.8 Å². The Kier molecular flexibility index (Phi) is 10.2. The van der Waals surface area contributed by atoms with E-state index in [2.05, 4.69) is 20.1 Å². The molecular weight excluding hydrogens is 578 g/mol. The Labute approximate surface area is 273 Å². The molecule has 3 heterocycles. The van der Waals surface area contributed by atoms with Gasteiger partial charge in [-0.2, -0.15) is 0 Å². The molecule has 2 bridgehead atoms. The van der Waals surface area contributed by atoms with Gasteiger partial charge < -0.3 is 24.5 Å². The van der Waals surface area contributed by atoms with Crippen molar-refractivity contribution in [3.63, 3.8) is 0 Å². The van der Waals surface area contributed by atoms with E-state index in [-0.39, 0.29) is 36.9 Å². The Hall–Kier alpha value is -3.75. The van der Waals surface area contributed by atoms with Crippen LogP contribution in [0.3, 0.4) is 0 Å². The van der Waals surface area contributed by atoms with Crippen molar-refractivity contribution in [2.24, 2.45) is 11.8 Å². The van der Waals surface area contributed by atoms with Gasteiger partial charge in [-0.15, -0.1) is 13.2 Å². The molecule has 0 saturated carbocycles. The van der Waals surface area contributed by atoms with Crippen LogP contribution < -0.4 is 4.90 Å². The molecule has 3 aliphatic rings. The second-order valence-corrected chi connectivity index (χ2v) is 13.1. The van der Waals surface area contributed by atoms with Gasteiger partial charge in [0.05, 0.1) is 30.1 Å². The van der Waals surface area contributed by atoms with Crippen molar-refractivity contribution < 1.29 is 24.2 Å². The van der Waals surface area contributed by atoms with Crippen LogP contribution in [0.2, 0.25) is 0 Å². The SMILES string of the molecule is C=CCN(C(=O)[C@H]1[C@H]2C(=O)N([C@@H](CO)Cc3ccccc3)C(C(=O)N(CC=C)C(C)CCC)C23CC[C@]1(CC)O3)c1ccccc1. The number of likely N-dealkylation sites (tertiary alicyclic amines) is 1. The van der Waals surface area contributed by atoms with E-state index in [0.717, 1.165) is 18.4 Å². The molecule has 3 aliphatic heterocycles. The highest BCUT2D eigenvalue weighted by Gasteiger charge is 2.79.